The Morgan fingerprint density at radius 3 is 2.67 bits per heavy atom. The molecule has 0 saturated heterocycles. The molecule has 24 heavy (non-hydrogen) atoms. The zero-order valence-electron chi connectivity index (χ0n) is 14.3. The smallest absolute Gasteiger partial charge is 0.0756 e. The first-order valence-corrected chi connectivity index (χ1v) is 10.8. The fourth-order valence-electron chi connectivity index (χ4n) is 5.05. The number of hydrogen-bond donors (Lipinski definition) is 0. The molecule has 0 bridgehead atoms. The summed E-state index contributed by atoms with van der Waals surface area (Å²) in [5.41, 5.74) is 4.73. The van der Waals surface area contributed by atoms with Crippen molar-refractivity contribution in [2.24, 2.45) is 0 Å². The summed E-state index contributed by atoms with van der Waals surface area (Å²) >= 11 is 4.01. The molecule has 1 aromatic carbocycles. The monoisotopic (exact) mass is 353 g/mol. The lowest BCUT2D eigenvalue weighted by atomic mass is 9.80. The van der Waals surface area contributed by atoms with Crippen LogP contribution >= 0.6 is 22.7 Å². The van der Waals surface area contributed by atoms with Gasteiger partial charge in [-0.3, -0.25) is 0 Å². The summed E-state index contributed by atoms with van der Waals surface area (Å²) in [6, 6.07) is 11.8. The summed E-state index contributed by atoms with van der Waals surface area (Å²) in [5.74, 6) is 0. The van der Waals surface area contributed by atoms with Crippen molar-refractivity contribution in [3.05, 3.63) is 51.7 Å². The summed E-state index contributed by atoms with van der Waals surface area (Å²) in [4.78, 5) is 4.47. The molecule has 1 spiro atoms. The SMILES string of the molecule is Cc1ccccc1N1C(C)c2c(sc3ccsc23)C12CCCCC2. The number of aryl methyl sites for hydroxylation is 1. The highest BCUT2D eigenvalue weighted by molar-refractivity contribution is 7.27. The van der Waals surface area contributed by atoms with Crippen LogP contribution in [0.25, 0.3) is 9.40 Å². The first kappa shape index (κ1) is 15.0. The molecule has 2 aliphatic rings. The average molecular weight is 354 g/mol. The molecule has 3 aromatic rings. The molecule has 2 aromatic heterocycles. The van der Waals surface area contributed by atoms with E-state index in [1.54, 1.807) is 15.1 Å². The summed E-state index contributed by atoms with van der Waals surface area (Å²) in [6.45, 7) is 4.70. The van der Waals surface area contributed by atoms with E-state index in [1.165, 1.54) is 48.1 Å². The van der Waals surface area contributed by atoms with Crippen LogP contribution in [0, 0.1) is 6.92 Å². The van der Waals surface area contributed by atoms with Gasteiger partial charge in [0.05, 0.1) is 16.3 Å². The van der Waals surface area contributed by atoms with E-state index >= 15 is 0 Å². The molecule has 0 N–H and O–H groups in total. The second-order valence-corrected chi connectivity index (χ2v) is 9.35. The Morgan fingerprint density at radius 1 is 1.08 bits per heavy atom. The van der Waals surface area contributed by atoms with Crippen LogP contribution in [0.1, 0.15) is 61.1 Å². The molecule has 1 aliphatic heterocycles. The summed E-state index contributed by atoms with van der Waals surface area (Å²) in [7, 11) is 0. The quantitative estimate of drug-likeness (QED) is 0.454. The molecule has 3 heterocycles. The summed E-state index contributed by atoms with van der Waals surface area (Å²) in [5, 5.41) is 2.26. The van der Waals surface area contributed by atoms with Crippen LogP contribution in [0.2, 0.25) is 0 Å². The topological polar surface area (TPSA) is 3.24 Å². The molecular weight excluding hydrogens is 330 g/mol. The number of anilines is 1. The third-order valence-corrected chi connectivity index (χ3v) is 8.52. The molecule has 0 radical (unpaired) electrons. The van der Waals surface area contributed by atoms with Gasteiger partial charge in [-0.15, -0.1) is 22.7 Å². The van der Waals surface area contributed by atoms with Crippen LogP contribution < -0.4 is 4.90 Å². The van der Waals surface area contributed by atoms with Gasteiger partial charge in [0.15, 0.2) is 0 Å². The Kier molecular flexibility index (Phi) is 3.33. The highest BCUT2D eigenvalue weighted by Gasteiger charge is 2.51. The van der Waals surface area contributed by atoms with Gasteiger partial charge in [-0.25, -0.2) is 0 Å². The highest BCUT2D eigenvalue weighted by Crippen LogP contribution is 2.60. The molecule has 124 valence electrons. The molecule has 1 saturated carbocycles. The maximum absolute atomic E-state index is 2.79. The fraction of sp³-hybridized carbons (Fsp3) is 0.429. The van der Waals surface area contributed by atoms with Crippen LogP contribution in [0.5, 0.6) is 0 Å². The van der Waals surface area contributed by atoms with Gasteiger partial charge in [-0.1, -0.05) is 37.5 Å². The van der Waals surface area contributed by atoms with Gasteiger partial charge in [-0.05, 0) is 49.8 Å². The van der Waals surface area contributed by atoms with Crippen LogP contribution in [0.15, 0.2) is 35.7 Å². The maximum atomic E-state index is 2.79. The molecule has 1 atom stereocenters. The zero-order valence-corrected chi connectivity index (χ0v) is 16.0. The average Bonchev–Trinajstić information content (AvgIpc) is 3.23. The maximum Gasteiger partial charge on any atom is 0.0756 e. The van der Waals surface area contributed by atoms with Crippen LogP contribution in [0.3, 0.4) is 0 Å². The van der Waals surface area contributed by atoms with Crippen molar-refractivity contribution >= 4 is 37.8 Å². The first-order valence-electron chi connectivity index (χ1n) is 9.08. The largest absolute Gasteiger partial charge is 0.354 e. The Hall–Kier alpha value is -1.32. The van der Waals surface area contributed by atoms with Crippen molar-refractivity contribution < 1.29 is 0 Å². The highest BCUT2D eigenvalue weighted by atomic mass is 32.1. The zero-order chi connectivity index (χ0) is 16.3. The minimum absolute atomic E-state index is 0.239. The van der Waals surface area contributed by atoms with E-state index < -0.39 is 0 Å². The van der Waals surface area contributed by atoms with E-state index in [0.29, 0.717) is 6.04 Å². The lowest BCUT2D eigenvalue weighted by molar-refractivity contribution is 0.288. The van der Waals surface area contributed by atoms with Crippen LogP contribution in [-0.4, -0.2) is 0 Å². The van der Waals surface area contributed by atoms with Crippen molar-refractivity contribution in [2.45, 2.75) is 57.5 Å². The van der Waals surface area contributed by atoms with Gasteiger partial charge >= 0.3 is 0 Å². The lowest BCUT2D eigenvalue weighted by Crippen LogP contribution is -2.44. The lowest BCUT2D eigenvalue weighted by Gasteiger charge is -2.45. The Balaban J connectivity index is 1.77. The molecule has 1 unspecified atom stereocenters. The van der Waals surface area contributed by atoms with Gasteiger partial charge in [0, 0.05) is 20.8 Å². The second-order valence-electron chi connectivity index (χ2n) is 7.38. The van der Waals surface area contributed by atoms with Gasteiger partial charge < -0.3 is 4.90 Å². The predicted octanol–water partition coefficient (Wildman–Crippen LogP) is 7.01. The molecule has 1 aliphatic carbocycles. The number of para-hydroxylation sites is 1. The summed E-state index contributed by atoms with van der Waals surface area (Å²) in [6.07, 6.45) is 6.74. The molecule has 0 amide bonds. The van der Waals surface area contributed by atoms with Crippen molar-refractivity contribution in [2.75, 3.05) is 4.90 Å². The standard InChI is InChI=1S/C21H23NS2/c1-14-8-4-5-9-16(14)22-15(2)18-19-17(10-13-23-19)24-20(18)21(22)11-6-3-7-12-21/h4-5,8-10,13,15H,3,6-7,11-12H2,1-2H3. The number of nitrogens with zero attached hydrogens (tertiary/aromatic N) is 1. The van der Waals surface area contributed by atoms with E-state index in [9.17, 15) is 0 Å². The van der Waals surface area contributed by atoms with Gasteiger partial charge in [0.2, 0.25) is 0 Å². The van der Waals surface area contributed by atoms with Crippen molar-refractivity contribution in [3.63, 3.8) is 0 Å². The van der Waals surface area contributed by atoms with E-state index in [-0.39, 0.29) is 5.54 Å². The molecular formula is C21H23NS2. The van der Waals surface area contributed by atoms with Gasteiger partial charge in [-0.2, -0.15) is 0 Å². The van der Waals surface area contributed by atoms with E-state index in [2.05, 4.69) is 65.8 Å². The predicted molar refractivity (Wildman–Crippen MR) is 107 cm³/mol. The number of thiophene rings is 2. The molecule has 1 nitrogen and oxygen atoms in total. The summed E-state index contributed by atoms with van der Waals surface area (Å²) < 4.78 is 3.05. The minimum Gasteiger partial charge on any atom is -0.354 e. The third-order valence-electron chi connectivity index (χ3n) is 6.07. The second kappa shape index (κ2) is 5.34. The first-order chi connectivity index (χ1) is 11.7. The van der Waals surface area contributed by atoms with Crippen molar-refractivity contribution in [1.29, 1.82) is 0 Å². The van der Waals surface area contributed by atoms with Crippen molar-refractivity contribution in [1.82, 2.24) is 0 Å². The third kappa shape index (κ3) is 1.86. The van der Waals surface area contributed by atoms with Gasteiger partial charge in [0.25, 0.3) is 0 Å². The van der Waals surface area contributed by atoms with Gasteiger partial charge in [0.1, 0.15) is 0 Å². The van der Waals surface area contributed by atoms with Crippen LogP contribution in [0.4, 0.5) is 5.69 Å². The van der Waals surface area contributed by atoms with E-state index in [4.69, 9.17) is 0 Å². The number of benzene rings is 1. The molecule has 5 rings (SSSR count). The normalized spacial score (nSPS) is 22.4. The Labute approximate surface area is 151 Å². The Bertz CT molecular complexity index is 898. The number of hydrogen-bond acceptors (Lipinski definition) is 3. The van der Waals surface area contributed by atoms with E-state index in [0.717, 1.165) is 0 Å². The molecule has 3 heteroatoms. The number of fused-ring (bicyclic) bond motifs is 4. The minimum atomic E-state index is 0.239. The van der Waals surface area contributed by atoms with Crippen molar-refractivity contribution in [3.8, 4) is 0 Å². The van der Waals surface area contributed by atoms with Crippen LogP contribution in [-0.2, 0) is 5.54 Å². The number of rotatable bonds is 1. The Morgan fingerprint density at radius 2 is 1.88 bits per heavy atom. The fourth-order valence-corrected chi connectivity index (χ4v) is 7.83. The van der Waals surface area contributed by atoms with E-state index in [1.807, 2.05) is 11.3 Å². The molecule has 1 fully saturated rings.